The molecule has 23 heavy (non-hydrogen) atoms. The van der Waals surface area contributed by atoms with E-state index >= 15 is 0 Å². The third-order valence-corrected chi connectivity index (χ3v) is 4.64. The van der Waals surface area contributed by atoms with E-state index in [9.17, 15) is 0 Å². The highest BCUT2D eigenvalue weighted by atomic mass is 15.1. The minimum Gasteiger partial charge on any atom is -0.378 e. The van der Waals surface area contributed by atoms with Crippen LogP contribution in [0.1, 0.15) is 23.6 Å². The van der Waals surface area contributed by atoms with E-state index in [-0.39, 0.29) is 5.41 Å². The van der Waals surface area contributed by atoms with Crippen LogP contribution in [0.25, 0.3) is 0 Å². The standard InChI is InChI=1S/C22H23N/c1-22(18-11-6-4-7-12-18,19-13-8-5-9-14-19)20-15-10-16-21(17-20)23(2)3/h4-17H,1-3H3. The number of hydrogen-bond acceptors (Lipinski definition) is 1. The Morgan fingerprint density at radius 2 is 1.09 bits per heavy atom. The zero-order chi connectivity index (χ0) is 16.3. The molecule has 0 aliphatic rings. The molecule has 0 aliphatic carbocycles. The van der Waals surface area contributed by atoms with Gasteiger partial charge in [-0.25, -0.2) is 0 Å². The lowest BCUT2D eigenvalue weighted by Gasteiger charge is -2.32. The Bertz CT molecular complexity index is 721. The zero-order valence-electron chi connectivity index (χ0n) is 14.0. The average molecular weight is 301 g/mol. The van der Waals surface area contributed by atoms with Crippen molar-refractivity contribution in [2.24, 2.45) is 0 Å². The Balaban J connectivity index is 2.23. The summed E-state index contributed by atoms with van der Waals surface area (Å²) in [6.07, 6.45) is 0. The first-order valence-corrected chi connectivity index (χ1v) is 8.01. The van der Waals surface area contributed by atoms with Gasteiger partial charge in [-0.3, -0.25) is 0 Å². The molecule has 0 saturated heterocycles. The molecule has 116 valence electrons. The summed E-state index contributed by atoms with van der Waals surface area (Å²) in [5.74, 6) is 0. The van der Waals surface area contributed by atoms with Crippen molar-refractivity contribution in [3.63, 3.8) is 0 Å². The maximum Gasteiger partial charge on any atom is 0.0424 e. The summed E-state index contributed by atoms with van der Waals surface area (Å²) in [5, 5.41) is 0. The van der Waals surface area contributed by atoms with Crippen molar-refractivity contribution >= 4 is 5.69 Å². The Labute approximate surface area is 139 Å². The van der Waals surface area contributed by atoms with Gasteiger partial charge < -0.3 is 4.90 Å². The van der Waals surface area contributed by atoms with E-state index in [0.29, 0.717) is 0 Å². The molecule has 3 aromatic rings. The molecule has 1 heteroatoms. The maximum atomic E-state index is 2.31. The monoisotopic (exact) mass is 301 g/mol. The summed E-state index contributed by atoms with van der Waals surface area (Å²) < 4.78 is 0. The number of rotatable bonds is 4. The van der Waals surface area contributed by atoms with Crippen molar-refractivity contribution in [1.82, 2.24) is 0 Å². The number of anilines is 1. The summed E-state index contributed by atoms with van der Waals surface area (Å²) >= 11 is 0. The highest BCUT2D eigenvalue weighted by molar-refractivity contribution is 5.55. The molecule has 0 spiro atoms. The van der Waals surface area contributed by atoms with Gasteiger partial charge in [-0.2, -0.15) is 0 Å². The van der Waals surface area contributed by atoms with E-state index < -0.39 is 0 Å². The lowest BCUT2D eigenvalue weighted by atomic mass is 9.71. The van der Waals surface area contributed by atoms with Crippen LogP contribution in [-0.2, 0) is 5.41 Å². The smallest absolute Gasteiger partial charge is 0.0424 e. The molecule has 0 N–H and O–H groups in total. The van der Waals surface area contributed by atoms with E-state index in [2.05, 4.69) is 111 Å². The fourth-order valence-electron chi connectivity index (χ4n) is 3.14. The van der Waals surface area contributed by atoms with Crippen LogP contribution < -0.4 is 4.90 Å². The second-order valence-electron chi connectivity index (χ2n) is 6.30. The zero-order valence-corrected chi connectivity index (χ0v) is 14.0. The fourth-order valence-corrected chi connectivity index (χ4v) is 3.14. The molecule has 0 aromatic heterocycles. The van der Waals surface area contributed by atoms with Gasteiger partial charge in [0, 0.05) is 25.2 Å². The summed E-state index contributed by atoms with van der Waals surface area (Å²) in [4.78, 5) is 2.15. The first-order chi connectivity index (χ1) is 11.1. The van der Waals surface area contributed by atoms with E-state index in [1.807, 2.05) is 0 Å². The molecule has 0 bridgehead atoms. The quantitative estimate of drug-likeness (QED) is 0.605. The third kappa shape index (κ3) is 2.87. The second kappa shape index (κ2) is 6.29. The number of hydrogen-bond donors (Lipinski definition) is 0. The van der Waals surface area contributed by atoms with Gasteiger partial charge in [0.1, 0.15) is 0 Å². The van der Waals surface area contributed by atoms with E-state index in [4.69, 9.17) is 0 Å². The summed E-state index contributed by atoms with van der Waals surface area (Å²) in [5.41, 5.74) is 4.97. The van der Waals surface area contributed by atoms with Crippen molar-refractivity contribution in [1.29, 1.82) is 0 Å². The SMILES string of the molecule is CN(C)c1cccc(C(C)(c2ccccc2)c2ccccc2)c1. The fraction of sp³-hybridized carbons (Fsp3) is 0.182. The minimum atomic E-state index is -0.172. The van der Waals surface area contributed by atoms with Gasteiger partial charge >= 0.3 is 0 Å². The van der Waals surface area contributed by atoms with Crippen LogP contribution in [0.3, 0.4) is 0 Å². The topological polar surface area (TPSA) is 3.24 Å². The maximum absolute atomic E-state index is 2.31. The first-order valence-electron chi connectivity index (χ1n) is 8.01. The van der Waals surface area contributed by atoms with Gasteiger partial charge in [0.2, 0.25) is 0 Å². The van der Waals surface area contributed by atoms with Gasteiger partial charge in [0.25, 0.3) is 0 Å². The minimum absolute atomic E-state index is 0.172. The van der Waals surface area contributed by atoms with Crippen molar-refractivity contribution < 1.29 is 0 Å². The summed E-state index contributed by atoms with van der Waals surface area (Å²) in [6, 6.07) is 30.3. The highest BCUT2D eigenvalue weighted by Crippen LogP contribution is 2.39. The lowest BCUT2D eigenvalue weighted by Crippen LogP contribution is -2.25. The molecular formula is C22H23N. The molecule has 0 aliphatic heterocycles. The lowest BCUT2D eigenvalue weighted by molar-refractivity contribution is 0.692. The van der Waals surface area contributed by atoms with Gasteiger partial charge in [0.15, 0.2) is 0 Å². The molecule has 0 radical (unpaired) electrons. The molecule has 0 saturated carbocycles. The average Bonchev–Trinajstić information content (AvgIpc) is 2.62. The Morgan fingerprint density at radius 1 is 0.609 bits per heavy atom. The number of benzene rings is 3. The number of nitrogens with zero attached hydrogens (tertiary/aromatic N) is 1. The Hall–Kier alpha value is -2.54. The van der Waals surface area contributed by atoms with Gasteiger partial charge in [-0.1, -0.05) is 72.8 Å². The Morgan fingerprint density at radius 3 is 1.57 bits per heavy atom. The second-order valence-corrected chi connectivity index (χ2v) is 6.30. The van der Waals surface area contributed by atoms with Crippen LogP contribution in [0.2, 0.25) is 0 Å². The molecule has 3 aromatic carbocycles. The van der Waals surface area contributed by atoms with Crippen LogP contribution >= 0.6 is 0 Å². The van der Waals surface area contributed by atoms with Crippen LogP contribution in [0.4, 0.5) is 5.69 Å². The molecule has 3 rings (SSSR count). The highest BCUT2D eigenvalue weighted by Gasteiger charge is 2.31. The largest absolute Gasteiger partial charge is 0.378 e. The van der Waals surface area contributed by atoms with Gasteiger partial charge in [-0.15, -0.1) is 0 Å². The molecule has 1 nitrogen and oxygen atoms in total. The first kappa shape index (κ1) is 15.4. The summed E-state index contributed by atoms with van der Waals surface area (Å²) in [6.45, 7) is 2.31. The van der Waals surface area contributed by atoms with Crippen LogP contribution in [-0.4, -0.2) is 14.1 Å². The Kier molecular flexibility index (Phi) is 4.20. The molecule has 0 heterocycles. The van der Waals surface area contributed by atoms with E-state index in [0.717, 1.165) is 0 Å². The molecular weight excluding hydrogens is 278 g/mol. The van der Waals surface area contributed by atoms with Gasteiger partial charge in [0.05, 0.1) is 0 Å². The van der Waals surface area contributed by atoms with Crippen molar-refractivity contribution in [2.75, 3.05) is 19.0 Å². The van der Waals surface area contributed by atoms with Crippen LogP contribution in [0.15, 0.2) is 84.9 Å². The van der Waals surface area contributed by atoms with Crippen molar-refractivity contribution in [3.8, 4) is 0 Å². The third-order valence-electron chi connectivity index (χ3n) is 4.64. The predicted molar refractivity (Wildman–Crippen MR) is 99.2 cm³/mol. The van der Waals surface area contributed by atoms with E-state index in [1.165, 1.54) is 22.4 Å². The van der Waals surface area contributed by atoms with Crippen LogP contribution in [0, 0.1) is 0 Å². The van der Waals surface area contributed by atoms with Crippen molar-refractivity contribution in [3.05, 3.63) is 102 Å². The van der Waals surface area contributed by atoms with Crippen LogP contribution in [0.5, 0.6) is 0 Å². The molecule has 0 amide bonds. The molecule has 0 fully saturated rings. The van der Waals surface area contributed by atoms with Gasteiger partial charge in [-0.05, 0) is 35.7 Å². The molecule has 0 atom stereocenters. The van der Waals surface area contributed by atoms with E-state index in [1.54, 1.807) is 0 Å². The normalized spacial score (nSPS) is 11.3. The van der Waals surface area contributed by atoms with Crippen molar-refractivity contribution in [2.45, 2.75) is 12.3 Å². The summed E-state index contributed by atoms with van der Waals surface area (Å²) in [7, 11) is 4.17. The predicted octanol–water partition coefficient (Wildman–Crippen LogP) is 5.11. The molecule has 0 unspecified atom stereocenters.